The number of benzene rings is 2. The second-order valence-corrected chi connectivity index (χ2v) is 10.4. The van der Waals surface area contributed by atoms with Crippen LogP contribution < -0.4 is 4.90 Å². The molecule has 1 aliphatic rings. The second kappa shape index (κ2) is 8.27. The molecule has 1 aliphatic heterocycles. The zero-order valence-corrected chi connectivity index (χ0v) is 18.9. The van der Waals surface area contributed by atoms with Crippen molar-refractivity contribution in [3.8, 4) is 6.07 Å². The Morgan fingerprint density at radius 1 is 1.10 bits per heavy atom. The van der Waals surface area contributed by atoms with Crippen LogP contribution in [-0.4, -0.2) is 31.5 Å². The van der Waals surface area contributed by atoms with E-state index in [9.17, 15) is 13.7 Å². The van der Waals surface area contributed by atoms with Crippen molar-refractivity contribution in [1.82, 2.24) is 9.97 Å². The summed E-state index contributed by atoms with van der Waals surface area (Å²) in [6, 6.07) is 14.4. The summed E-state index contributed by atoms with van der Waals surface area (Å²) in [5.41, 5.74) is 3.36. The molecule has 0 amide bonds. The highest BCUT2D eigenvalue weighted by molar-refractivity contribution is 7.92. The number of nitrogens with zero attached hydrogens (tertiary/aromatic N) is 4. The topological polar surface area (TPSA) is 86.9 Å². The van der Waals surface area contributed by atoms with E-state index in [1.807, 2.05) is 38.1 Å². The molecule has 160 valence electrons. The number of hydrogen-bond donors (Lipinski definition) is 0. The Morgan fingerprint density at radius 2 is 1.81 bits per heavy atom. The van der Waals surface area contributed by atoms with Crippen molar-refractivity contribution >= 4 is 26.7 Å². The first-order valence-corrected chi connectivity index (χ1v) is 12.1. The van der Waals surface area contributed by atoms with Gasteiger partial charge in [-0.15, -0.1) is 0 Å². The number of sulfone groups is 1. The lowest BCUT2D eigenvalue weighted by Gasteiger charge is -2.33. The molecule has 2 unspecified atom stereocenters. The monoisotopic (exact) mass is 434 g/mol. The average Bonchev–Trinajstić information content (AvgIpc) is 2.75. The van der Waals surface area contributed by atoms with E-state index in [1.54, 1.807) is 24.3 Å². The first-order valence-electron chi connectivity index (χ1n) is 10.5. The van der Waals surface area contributed by atoms with Crippen LogP contribution in [0.3, 0.4) is 0 Å². The van der Waals surface area contributed by atoms with Crippen LogP contribution in [0.25, 0.3) is 11.0 Å². The van der Waals surface area contributed by atoms with Gasteiger partial charge < -0.3 is 4.90 Å². The first-order chi connectivity index (χ1) is 14.8. The summed E-state index contributed by atoms with van der Waals surface area (Å²) in [5, 5.41) is 8.60. The maximum Gasteiger partial charge on any atom is 0.200 e. The van der Waals surface area contributed by atoms with Gasteiger partial charge in [-0.1, -0.05) is 25.1 Å². The van der Waals surface area contributed by atoms with Gasteiger partial charge in [-0.25, -0.2) is 18.4 Å². The molecule has 1 saturated heterocycles. The number of aromatic nitrogens is 2. The summed E-state index contributed by atoms with van der Waals surface area (Å²) >= 11 is 0. The molecule has 0 N–H and O–H groups in total. The van der Waals surface area contributed by atoms with Crippen LogP contribution in [0.5, 0.6) is 0 Å². The van der Waals surface area contributed by atoms with E-state index < -0.39 is 15.1 Å². The smallest absolute Gasteiger partial charge is 0.200 e. The molecule has 2 heterocycles. The van der Waals surface area contributed by atoms with Crippen LogP contribution in [0.2, 0.25) is 0 Å². The molecule has 0 bridgehead atoms. The van der Waals surface area contributed by atoms with Crippen LogP contribution >= 0.6 is 0 Å². The van der Waals surface area contributed by atoms with Gasteiger partial charge in [0.25, 0.3) is 0 Å². The predicted octanol–water partition coefficient (Wildman–Crippen LogP) is 4.52. The molecule has 0 saturated carbocycles. The van der Waals surface area contributed by atoms with E-state index in [-0.39, 0.29) is 10.6 Å². The SMILES string of the molecule is Cc1ccc(S(=O)(=O)C(C#N)c2nc3ccccc3nc2N2CCCC(C)C2)cc1C. The molecule has 7 heteroatoms. The minimum absolute atomic E-state index is 0.134. The van der Waals surface area contributed by atoms with Crippen molar-refractivity contribution in [3.63, 3.8) is 0 Å². The number of hydrogen-bond acceptors (Lipinski definition) is 6. The lowest BCUT2D eigenvalue weighted by atomic mass is 10.00. The van der Waals surface area contributed by atoms with Gasteiger partial charge >= 0.3 is 0 Å². The van der Waals surface area contributed by atoms with Gasteiger partial charge in [0, 0.05) is 13.1 Å². The maximum absolute atomic E-state index is 13.6. The third-order valence-electron chi connectivity index (χ3n) is 6.02. The van der Waals surface area contributed by atoms with Crippen LogP contribution in [0.15, 0.2) is 47.4 Å². The molecule has 2 atom stereocenters. The fraction of sp³-hybridized carbons (Fsp3) is 0.375. The van der Waals surface area contributed by atoms with Crippen molar-refractivity contribution in [2.75, 3.05) is 18.0 Å². The van der Waals surface area contributed by atoms with Gasteiger partial charge in [-0.2, -0.15) is 5.26 Å². The highest BCUT2D eigenvalue weighted by Gasteiger charge is 2.35. The minimum Gasteiger partial charge on any atom is -0.355 e. The van der Waals surface area contributed by atoms with Gasteiger partial charge in [0.05, 0.1) is 22.0 Å². The van der Waals surface area contributed by atoms with Gasteiger partial charge in [0.1, 0.15) is 5.69 Å². The molecule has 31 heavy (non-hydrogen) atoms. The quantitative estimate of drug-likeness (QED) is 0.600. The Labute approximate surface area is 183 Å². The van der Waals surface area contributed by atoms with Crippen molar-refractivity contribution in [2.45, 2.75) is 43.8 Å². The molecule has 4 rings (SSSR count). The number of rotatable bonds is 4. The van der Waals surface area contributed by atoms with Gasteiger partial charge in [-0.05, 0) is 68.0 Å². The maximum atomic E-state index is 13.6. The van der Waals surface area contributed by atoms with Crippen LogP contribution in [0, 0.1) is 31.1 Å². The van der Waals surface area contributed by atoms with E-state index in [2.05, 4.69) is 16.8 Å². The number of nitriles is 1. The van der Waals surface area contributed by atoms with E-state index in [0.717, 1.165) is 37.1 Å². The molecule has 3 aromatic rings. The van der Waals surface area contributed by atoms with Gasteiger partial charge in [0.15, 0.2) is 11.1 Å². The Kier molecular flexibility index (Phi) is 5.67. The fourth-order valence-corrected chi connectivity index (χ4v) is 5.56. The van der Waals surface area contributed by atoms with Crippen molar-refractivity contribution in [1.29, 1.82) is 5.26 Å². The van der Waals surface area contributed by atoms with E-state index >= 15 is 0 Å². The summed E-state index contributed by atoms with van der Waals surface area (Å²) in [7, 11) is -3.98. The minimum atomic E-state index is -3.98. The lowest BCUT2D eigenvalue weighted by molar-refractivity contribution is 0.443. The zero-order chi connectivity index (χ0) is 22.2. The molecule has 0 aliphatic carbocycles. The van der Waals surface area contributed by atoms with Gasteiger partial charge in [-0.3, -0.25) is 0 Å². The second-order valence-electron chi connectivity index (χ2n) is 8.41. The molecule has 0 radical (unpaired) electrons. The number of anilines is 1. The molecular weight excluding hydrogens is 408 g/mol. The Morgan fingerprint density at radius 3 is 2.45 bits per heavy atom. The molecule has 1 fully saturated rings. The molecule has 1 aromatic heterocycles. The number of aryl methyl sites for hydroxylation is 2. The highest BCUT2D eigenvalue weighted by Crippen LogP contribution is 2.35. The number of fused-ring (bicyclic) bond motifs is 1. The van der Waals surface area contributed by atoms with E-state index in [0.29, 0.717) is 22.8 Å². The predicted molar refractivity (Wildman–Crippen MR) is 122 cm³/mol. The summed E-state index contributed by atoms with van der Waals surface area (Å²) in [4.78, 5) is 11.7. The van der Waals surface area contributed by atoms with Gasteiger partial charge in [0.2, 0.25) is 9.84 Å². The molecule has 6 nitrogen and oxygen atoms in total. The Balaban J connectivity index is 1.90. The summed E-state index contributed by atoms with van der Waals surface area (Å²) in [6.45, 7) is 7.51. The molecule has 2 aromatic carbocycles. The standard InChI is InChI=1S/C24H26N4O2S/c1-16-7-6-12-28(15-16)24-23(26-20-8-4-5-9-21(20)27-24)22(14-25)31(29,30)19-11-10-17(2)18(3)13-19/h4-5,8-11,13,16,22H,6-7,12,15H2,1-3H3. The van der Waals surface area contributed by atoms with E-state index in [4.69, 9.17) is 4.98 Å². The van der Waals surface area contributed by atoms with Crippen molar-refractivity contribution in [3.05, 3.63) is 59.3 Å². The average molecular weight is 435 g/mol. The summed E-state index contributed by atoms with van der Waals surface area (Å²) in [5.74, 6) is 0.968. The van der Waals surface area contributed by atoms with Crippen LogP contribution in [0.1, 0.15) is 41.8 Å². The van der Waals surface area contributed by atoms with E-state index in [1.165, 1.54) is 0 Å². The highest BCUT2D eigenvalue weighted by atomic mass is 32.2. The largest absolute Gasteiger partial charge is 0.355 e. The summed E-state index contributed by atoms with van der Waals surface area (Å²) in [6.07, 6.45) is 2.12. The van der Waals surface area contributed by atoms with Crippen molar-refractivity contribution in [2.24, 2.45) is 5.92 Å². The van der Waals surface area contributed by atoms with Crippen LogP contribution in [0.4, 0.5) is 5.82 Å². The normalized spacial score (nSPS) is 18.0. The third-order valence-corrected chi connectivity index (χ3v) is 7.88. The number of piperidine rings is 1. The fourth-order valence-electron chi connectivity index (χ4n) is 4.10. The molecule has 0 spiro atoms. The number of para-hydroxylation sites is 2. The zero-order valence-electron chi connectivity index (χ0n) is 18.0. The van der Waals surface area contributed by atoms with Crippen LogP contribution in [-0.2, 0) is 9.84 Å². The van der Waals surface area contributed by atoms with Crippen molar-refractivity contribution < 1.29 is 8.42 Å². The first kappa shape index (κ1) is 21.3. The Bertz CT molecular complexity index is 1280. The summed E-state index contributed by atoms with van der Waals surface area (Å²) < 4.78 is 27.1. The third kappa shape index (κ3) is 4.00. The lowest BCUT2D eigenvalue weighted by Crippen LogP contribution is -2.36. The Hall–Kier alpha value is -2.98. The molecular formula is C24H26N4O2S.